The van der Waals surface area contributed by atoms with Gasteiger partial charge in [0.25, 0.3) is 0 Å². The molecule has 6 rings (SSSR count). The van der Waals surface area contributed by atoms with E-state index in [0.29, 0.717) is 36.9 Å². The molecule has 266 valence electrons. The summed E-state index contributed by atoms with van der Waals surface area (Å²) in [6, 6.07) is 4.76. The average Bonchev–Trinajstić information content (AvgIpc) is 3.51. The van der Waals surface area contributed by atoms with E-state index in [1.807, 2.05) is 26.8 Å². The standard InChI is InChI=1S/C25H34O6.C13H21NO3/c1-4-5-21-30-20-11-17-16-7-6-14-10-15(27)8-9-23(14,2)22(16)18(28)12-24(17,3)25(20,31-21)19(29)13-26;1-13(2,3)14-7-12(17)9-4-5-11(16)10(6-9)8-15/h8-10,16-18,20-22,26,28H,4-7,11-13H2,1-3H3;4-6,12,14-17H,7-8H2,1-3H3/t16-,17-,18-,20+,21?,22+,23-,24-,25+;/m0./s1. The van der Waals surface area contributed by atoms with Gasteiger partial charge in [-0.1, -0.05) is 44.9 Å². The molecule has 1 aromatic carbocycles. The fraction of sp³-hybridized carbons (Fsp3) is 0.684. The molecule has 6 N–H and O–H groups in total. The smallest absolute Gasteiger partial charge is 0.193 e. The van der Waals surface area contributed by atoms with Crippen molar-refractivity contribution in [2.45, 2.75) is 122 Å². The molecule has 5 aliphatic rings. The number of rotatable bonds is 8. The van der Waals surface area contributed by atoms with Crippen LogP contribution < -0.4 is 5.32 Å². The van der Waals surface area contributed by atoms with E-state index in [9.17, 15) is 30.0 Å². The monoisotopic (exact) mass is 669 g/mol. The molecule has 2 unspecified atom stereocenters. The Labute approximate surface area is 284 Å². The summed E-state index contributed by atoms with van der Waals surface area (Å²) in [4.78, 5) is 25.2. The Balaban J connectivity index is 0.000000226. The van der Waals surface area contributed by atoms with Crippen molar-refractivity contribution in [2.24, 2.45) is 28.6 Å². The van der Waals surface area contributed by atoms with Gasteiger partial charge in [0, 0.05) is 34.4 Å². The van der Waals surface area contributed by atoms with Gasteiger partial charge >= 0.3 is 0 Å². The lowest BCUT2D eigenvalue weighted by molar-refractivity contribution is -0.200. The third-order valence-electron chi connectivity index (χ3n) is 11.9. The van der Waals surface area contributed by atoms with E-state index in [1.54, 1.807) is 24.3 Å². The molecule has 4 fully saturated rings. The molecule has 0 amide bonds. The van der Waals surface area contributed by atoms with Crippen LogP contribution in [0.15, 0.2) is 42.0 Å². The van der Waals surface area contributed by atoms with Crippen molar-refractivity contribution in [1.82, 2.24) is 5.32 Å². The highest BCUT2D eigenvalue weighted by atomic mass is 16.7. The number of β-amino-alcohol motifs (C(OH)–C–C–N with tert-alkyl or cyclic N) is 1. The summed E-state index contributed by atoms with van der Waals surface area (Å²) in [5, 5.41) is 53.0. The van der Waals surface area contributed by atoms with Crippen molar-refractivity contribution in [3.8, 4) is 5.75 Å². The largest absolute Gasteiger partial charge is 0.508 e. The zero-order valence-electron chi connectivity index (χ0n) is 29.2. The van der Waals surface area contributed by atoms with Gasteiger partial charge in [0.2, 0.25) is 0 Å². The second-order valence-electron chi connectivity index (χ2n) is 15.9. The maximum Gasteiger partial charge on any atom is 0.193 e. The van der Waals surface area contributed by atoms with Gasteiger partial charge in [0.1, 0.15) is 12.4 Å². The number of nitrogens with one attached hydrogen (secondary N) is 1. The van der Waals surface area contributed by atoms with Crippen LogP contribution in [-0.2, 0) is 25.7 Å². The van der Waals surface area contributed by atoms with E-state index >= 15 is 0 Å². The van der Waals surface area contributed by atoms with Gasteiger partial charge in [0.05, 0.1) is 24.9 Å². The number of benzene rings is 1. The molecule has 10 nitrogen and oxygen atoms in total. The van der Waals surface area contributed by atoms with Crippen molar-refractivity contribution in [3.05, 3.63) is 53.1 Å². The number of ether oxygens (including phenoxy) is 2. The van der Waals surface area contributed by atoms with Gasteiger partial charge in [-0.25, -0.2) is 0 Å². The predicted molar refractivity (Wildman–Crippen MR) is 180 cm³/mol. The third-order valence-corrected chi connectivity index (χ3v) is 11.9. The number of phenols is 1. The number of hydrogen-bond donors (Lipinski definition) is 6. The van der Waals surface area contributed by atoms with Crippen LogP contribution in [0.25, 0.3) is 0 Å². The van der Waals surface area contributed by atoms with Crippen molar-refractivity contribution < 1.29 is 44.6 Å². The Bertz CT molecular complexity index is 1430. The van der Waals surface area contributed by atoms with E-state index in [2.05, 4.69) is 26.1 Å². The number of aromatic hydroxyl groups is 1. The number of aliphatic hydroxyl groups is 4. The summed E-state index contributed by atoms with van der Waals surface area (Å²) >= 11 is 0. The Morgan fingerprint density at radius 2 is 1.92 bits per heavy atom. The number of allylic oxidation sites excluding steroid dienone is 4. The highest BCUT2D eigenvalue weighted by molar-refractivity contribution is 6.01. The second-order valence-corrected chi connectivity index (χ2v) is 15.9. The number of carbonyl (C=O) groups excluding carboxylic acids is 2. The molecule has 48 heavy (non-hydrogen) atoms. The van der Waals surface area contributed by atoms with E-state index in [-0.39, 0.29) is 52.6 Å². The zero-order chi connectivity index (χ0) is 35.2. The summed E-state index contributed by atoms with van der Waals surface area (Å²) in [6.07, 6.45) is 7.66. The van der Waals surface area contributed by atoms with Crippen LogP contribution in [0.3, 0.4) is 0 Å². The third kappa shape index (κ3) is 6.34. The number of aliphatic hydroxyl groups excluding tert-OH is 4. The van der Waals surface area contributed by atoms with Crippen LogP contribution in [0.5, 0.6) is 5.75 Å². The molecule has 1 heterocycles. The molecule has 0 bridgehead atoms. The number of Topliss-reactive ketones (excluding diaryl/α,β-unsaturated/α-hetero) is 1. The van der Waals surface area contributed by atoms with E-state index in [4.69, 9.17) is 14.6 Å². The maximum atomic E-state index is 13.2. The zero-order valence-corrected chi connectivity index (χ0v) is 29.2. The lowest BCUT2D eigenvalue weighted by Crippen LogP contribution is -2.63. The molecule has 10 heteroatoms. The Morgan fingerprint density at radius 1 is 1.19 bits per heavy atom. The summed E-state index contributed by atoms with van der Waals surface area (Å²) in [5.41, 5.74) is 0.00715. The van der Waals surface area contributed by atoms with E-state index in [1.165, 1.54) is 6.07 Å². The first-order valence-corrected chi connectivity index (χ1v) is 17.5. The Hall–Kier alpha value is -2.44. The molecular formula is C38H55NO9. The predicted octanol–water partition coefficient (Wildman–Crippen LogP) is 4.02. The lowest BCUT2D eigenvalue weighted by atomic mass is 9.46. The SMILES string of the molecule is CC(C)(C)NCC(O)c1ccc(O)c(CO)c1.CCCC1O[C@@H]2C[C@H]3[C@@H]4CCC5=CC(=O)C=C[C@]5(C)[C@H]4[C@@H](O)C[C@]3(C)[C@]2(C(=O)CO)O1. The summed E-state index contributed by atoms with van der Waals surface area (Å²) < 4.78 is 12.7. The number of carbonyl (C=O) groups is 2. The quantitative estimate of drug-likeness (QED) is 0.238. The summed E-state index contributed by atoms with van der Waals surface area (Å²) in [7, 11) is 0. The minimum Gasteiger partial charge on any atom is -0.508 e. The second kappa shape index (κ2) is 13.7. The van der Waals surface area contributed by atoms with Crippen molar-refractivity contribution in [2.75, 3.05) is 13.2 Å². The molecular weight excluding hydrogens is 614 g/mol. The van der Waals surface area contributed by atoms with Crippen LogP contribution in [-0.4, -0.2) is 79.9 Å². The van der Waals surface area contributed by atoms with Crippen LogP contribution in [0.4, 0.5) is 0 Å². The fourth-order valence-electron chi connectivity index (χ4n) is 9.58. The number of fused-ring (bicyclic) bond motifs is 7. The maximum absolute atomic E-state index is 13.2. The highest BCUT2D eigenvalue weighted by Gasteiger charge is 2.75. The minimum atomic E-state index is -1.20. The molecule has 0 radical (unpaired) electrons. The molecule has 0 spiro atoms. The van der Waals surface area contributed by atoms with E-state index < -0.39 is 42.2 Å². The lowest BCUT2D eigenvalue weighted by Gasteiger charge is -2.59. The van der Waals surface area contributed by atoms with Crippen molar-refractivity contribution >= 4 is 11.6 Å². The molecule has 3 saturated carbocycles. The Kier molecular flexibility index (Phi) is 10.5. The first-order valence-electron chi connectivity index (χ1n) is 17.5. The number of ketones is 2. The van der Waals surface area contributed by atoms with Gasteiger partial charge in [0.15, 0.2) is 23.5 Å². The average molecular weight is 670 g/mol. The van der Waals surface area contributed by atoms with Gasteiger partial charge < -0.3 is 40.3 Å². The van der Waals surface area contributed by atoms with Gasteiger partial charge in [-0.2, -0.15) is 0 Å². The molecule has 1 aliphatic heterocycles. The summed E-state index contributed by atoms with van der Waals surface area (Å²) in [5.74, 6) is 0.0758. The van der Waals surface area contributed by atoms with Gasteiger partial charge in [-0.05, 0) is 94.6 Å². The summed E-state index contributed by atoms with van der Waals surface area (Å²) in [6.45, 7) is 11.9. The number of hydrogen-bond acceptors (Lipinski definition) is 10. The van der Waals surface area contributed by atoms with Crippen LogP contribution in [0.2, 0.25) is 0 Å². The topological polar surface area (TPSA) is 166 Å². The first kappa shape index (κ1) is 36.8. The molecule has 10 atom stereocenters. The molecule has 1 saturated heterocycles. The molecule has 0 aromatic heterocycles. The minimum absolute atomic E-state index is 0.0125. The molecule has 1 aromatic rings. The highest BCUT2D eigenvalue weighted by Crippen LogP contribution is 2.69. The van der Waals surface area contributed by atoms with Crippen LogP contribution in [0.1, 0.15) is 97.3 Å². The van der Waals surface area contributed by atoms with Crippen LogP contribution in [0, 0.1) is 28.6 Å². The van der Waals surface area contributed by atoms with Gasteiger partial charge in [-0.15, -0.1) is 0 Å². The Morgan fingerprint density at radius 3 is 2.56 bits per heavy atom. The molecule has 4 aliphatic carbocycles. The van der Waals surface area contributed by atoms with Crippen molar-refractivity contribution in [1.29, 1.82) is 0 Å². The van der Waals surface area contributed by atoms with Gasteiger partial charge in [-0.3, -0.25) is 9.59 Å². The van der Waals surface area contributed by atoms with Crippen molar-refractivity contribution in [3.63, 3.8) is 0 Å². The fourth-order valence-corrected chi connectivity index (χ4v) is 9.58. The first-order chi connectivity index (χ1) is 22.5. The normalized spacial score (nSPS) is 37.4. The van der Waals surface area contributed by atoms with Crippen LogP contribution >= 0.6 is 0 Å². The van der Waals surface area contributed by atoms with E-state index in [0.717, 1.165) is 24.8 Å².